The van der Waals surface area contributed by atoms with Crippen LogP contribution in [0.15, 0.2) is 59.6 Å². The number of hydrogen-bond donors (Lipinski definition) is 4. The zero-order chi connectivity index (χ0) is 27.4. The highest BCUT2D eigenvalue weighted by Crippen LogP contribution is 2.25. The van der Waals surface area contributed by atoms with Crippen LogP contribution >= 0.6 is 22.6 Å². The van der Waals surface area contributed by atoms with E-state index in [9.17, 15) is 9.59 Å². The van der Waals surface area contributed by atoms with Crippen LogP contribution in [0.5, 0.6) is 5.75 Å². The lowest BCUT2D eigenvalue weighted by molar-refractivity contribution is -0.132. The number of nitrogens with zero attached hydrogens (tertiary/aromatic N) is 4. The van der Waals surface area contributed by atoms with Crippen molar-refractivity contribution in [1.82, 2.24) is 25.5 Å². The molecule has 2 saturated heterocycles. The minimum atomic E-state index is -0.603. The van der Waals surface area contributed by atoms with Crippen molar-refractivity contribution in [3.63, 3.8) is 0 Å². The van der Waals surface area contributed by atoms with E-state index in [1.54, 1.807) is 0 Å². The third-order valence-corrected chi connectivity index (χ3v) is 7.69. The van der Waals surface area contributed by atoms with Gasteiger partial charge in [-0.25, -0.2) is 9.97 Å². The molecule has 2 amide bonds. The predicted octanol–water partition coefficient (Wildman–Crippen LogP) is 2.12. The number of amides is 2. The van der Waals surface area contributed by atoms with Gasteiger partial charge in [-0.3, -0.25) is 9.59 Å². The largest absolute Gasteiger partial charge is 0.489 e. The van der Waals surface area contributed by atoms with Crippen molar-refractivity contribution >= 4 is 52.0 Å². The van der Waals surface area contributed by atoms with E-state index in [-0.39, 0.29) is 28.8 Å². The van der Waals surface area contributed by atoms with E-state index in [1.807, 2.05) is 82.1 Å². The summed E-state index contributed by atoms with van der Waals surface area (Å²) in [5.41, 5.74) is 13.2. The van der Waals surface area contributed by atoms with Gasteiger partial charge in [0.2, 0.25) is 5.91 Å². The lowest BCUT2D eigenvalue weighted by Crippen LogP contribution is -2.54. The molecule has 2 aliphatic heterocycles. The van der Waals surface area contributed by atoms with E-state index in [0.29, 0.717) is 42.3 Å². The van der Waals surface area contributed by atoms with Crippen LogP contribution in [0.1, 0.15) is 34.5 Å². The standard InChI is InChI=1S/C27H29IN8O3/c28-22-24(30)33-23(29)21(32-22)25(38)34-26-31-16-27(35-26)10-12-36(13-11-27)20(37)14-17-6-8-19(9-7-17)39-15-18-4-2-1-3-5-18/h1-9H,10-16H2,(H4,29,30,33)(H2,31,34,35,38). The lowest BCUT2D eigenvalue weighted by atomic mass is 9.88. The van der Waals surface area contributed by atoms with Gasteiger partial charge in [0.05, 0.1) is 12.0 Å². The van der Waals surface area contributed by atoms with E-state index in [4.69, 9.17) is 16.2 Å². The highest BCUT2D eigenvalue weighted by atomic mass is 127. The van der Waals surface area contributed by atoms with Gasteiger partial charge < -0.3 is 31.7 Å². The molecule has 6 N–H and O–H groups in total. The molecule has 2 aliphatic rings. The average molecular weight is 640 g/mol. The minimum Gasteiger partial charge on any atom is -0.489 e. The van der Waals surface area contributed by atoms with Crippen molar-refractivity contribution in [2.24, 2.45) is 4.99 Å². The highest BCUT2D eigenvalue weighted by Gasteiger charge is 2.40. The van der Waals surface area contributed by atoms with Crippen LogP contribution in [0.4, 0.5) is 11.6 Å². The third kappa shape index (κ3) is 6.38. The Kier molecular flexibility index (Phi) is 7.82. The number of carbonyl (C=O) groups excluding carboxylic acids is 2. The summed E-state index contributed by atoms with van der Waals surface area (Å²) in [6.45, 7) is 2.33. The van der Waals surface area contributed by atoms with Crippen molar-refractivity contribution in [3.8, 4) is 5.75 Å². The second kappa shape index (κ2) is 11.4. The molecule has 0 aliphatic carbocycles. The molecule has 0 bridgehead atoms. The zero-order valence-corrected chi connectivity index (χ0v) is 23.3. The molecule has 11 nitrogen and oxygen atoms in total. The number of anilines is 2. The molecule has 0 atom stereocenters. The van der Waals surface area contributed by atoms with E-state index in [2.05, 4.69) is 25.6 Å². The van der Waals surface area contributed by atoms with E-state index in [0.717, 1.165) is 29.7 Å². The molecule has 12 heteroatoms. The highest BCUT2D eigenvalue weighted by molar-refractivity contribution is 14.1. The molecule has 1 aromatic heterocycles. The van der Waals surface area contributed by atoms with Crippen molar-refractivity contribution in [2.75, 3.05) is 31.1 Å². The van der Waals surface area contributed by atoms with Gasteiger partial charge in [-0.2, -0.15) is 4.99 Å². The van der Waals surface area contributed by atoms with Gasteiger partial charge in [0, 0.05) is 19.6 Å². The molecular weight excluding hydrogens is 611 g/mol. The molecule has 39 heavy (non-hydrogen) atoms. The Morgan fingerprint density at radius 2 is 1.72 bits per heavy atom. The number of hydrogen-bond acceptors (Lipinski definition) is 7. The number of aromatic nitrogens is 2. The fourth-order valence-corrected chi connectivity index (χ4v) is 4.99. The monoisotopic (exact) mass is 640 g/mol. The summed E-state index contributed by atoms with van der Waals surface area (Å²) < 4.78 is 6.23. The average Bonchev–Trinajstić information content (AvgIpc) is 3.32. The van der Waals surface area contributed by atoms with Gasteiger partial charge in [-0.05, 0) is 58.7 Å². The number of carbonyl (C=O) groups is 2. The van der Waals surface area contributed by atoms with Gasteiger partial charge in [0.15, 0.2) is 23.3 Å². The lowest BCUT2D eigenvalue weighted by Gasteiger charge is -2.38. The summed E-state index contributed by atoms with van der Waals surface area (Å²) in [5.74, 6) is 0.726. The maximum absolute atomic E-state index is 13.0. The summed E-state index contributed by atoms with van der Waals surface area (Å²) in [5, 5.41) is 6.50. The number of likely N-dealkylation sites (tertiary alicyclic amines) is 1. The van der Waals surface area contributed by atoms with E-state index >= 15 is 0 Å². The number of aliphatic imine (C=N–C) groups is 1. The number of piperidine rings is 1. The van der Waals surface area contributed by atoms with E-state index in [1.165, 1.54) is 0 Å². The van der Waals surface area contributed by atoms with Gasteiger partial charge in [-0.15, -0.1) is 0 Å². The van der Waals surface area contributed by atoms with Crippen molar-refractivity contribution in [3.05, 3.63) is 75.1 Å². The van der Waals surface area contributed by atoms with E-state index < -0.39 is 5.91 Å². The van der Waals surface area contributed by atoms with Crippen LogP contribution in [0.2, 0.25) is 0 Å². The summed E-state index contributed by atoms with van der Waals surface area (Å²) in [4.78, 5) is 39.7. The Balaban J connectivity index is 1.11. The topological polar surface area (TPSA) is 161 Å². The first kappa shape index (κ1) is 26.7. The molecule has 3 heterocycles. The van der Waals surface area contributed by atoms with Gasteiger partial charge >= 0.3 is 5.91 Å². The molecule has 0 unspecified atom stereocenters. The Morgan fingerprint density at radius 1 is 1.00 bits per heavy atom. The molecule has 5 rings (SSSR count). The van der Waals surface area contributed by atoms with Gasteiger partial charge in [0.25, 0.3) is 0 Å². The van der Waals surface area contributed by atoms with Crippen molar-refractivity contribution in [2.45, 2.75) is 31.4 Å². The molecule has 202 valence electrons. The molecule has 2 fully saturated rings. The summed E-state index contributed by atoms with van der Waals surface area (Å²) >= 11 is 1.89. The van der Waals surface area contributed by atoms with Crippen LogP contribution in [-0.2, 0) is 17.8 Å². The van der Waals surface area contributed by atoms with Gasteiger partial charge in [0.1, 0.15) is 16.1 Å². The van der Waals surface area contributed by atoms with Crippen LogP contribution in [-0.4, -0.2) is 57.8 Å². The first-order valence-corrected chi connectivity index (χ1v) is 13.7. The Bertz CT molecular complexity index is 1390. The number of nitrogen functional groups attached to an aromatic ring is 2. The first-order chi connectivity index (χ1) is 18.8. The van der Waals surface area contributed by atoms with Crippen LogP contribution in [0.3, 0.4) is 0 Å². The van der Waals surface area contributed by atoms with Crippen LogP contribution in [0.25, 0.3) is 0 Å². The third-order valence-electron chi connectivity index (χ3n) is 6.90. The molecule has 0 radical (unpaired) electrons. The summed E-state index contributed by atoms with van der Waals surface area (Å²) in [7, 11) is 0. The number of nitrogens with two attached hydrogens (primary N) is 2. The van der Waals surface area contributed by atoms with Gasteiger partial charge in [-0.1, -0.05) is 42.5 Å². The molecule has 2 aromatic carbocycles. The fraction of sp³-hybridized carbons (Fsp3) is 0.296. The Labute approximate surface area is 239 Å². The zero-order valence-electron chi connectivity index (χ0n) is 21.2. The smallest absolute Gasteiger partial charge is 0.302 e. The molecule has 3 aromatic rings. The number of benzene rings is 2. The van der Waals surface area contributed by atoms with Crippen LogP contribution < -0.4 is 26.8 Å². The number of guanidine groups is 1. The second-order valence-corrected chi connectivity index (χ2v) is 10.7. The summed E-state index contributed by atoms with van der Waals surface area (Å²) in [6, 6.07) is 17.7. The normalized spacial score (nSPS) is 17.1. The maximum atomic E-state index is 13.0. The van der Waals surface area contributed by atoms with Crippen molar-refractivity contribution in [1.29, 1.82) is 0 Å². The number of halogens is 1. The molecule has 1 spiro atoms. The molecule has 0 saturated carbocycles. The van der Waals surface area contributed by atoms with Crippen molar-refractivity contribution < 1.29 is 14.3 Å². The molecular formula is C27H29IN8O3. The SMILES string of the molecule is Nc1nc(N)c(C(=O)/N=C2\NCC3(CCN(C(=O)Cc4ccc(OCc5ccccc5)cc4)CC3)N2)nc1I. The number of nitrogens with one attached hydrogen (secondary N) is 2. The number of ether oxygens (including phenoxy) is 1. The predicted molar refractivity (Wildman–Crippen MR) is 156 cm³/mol. The minimum absolute atomic E-state index is 0.0399. The second-order valence-electron chi connectivity index (χ2n) is 9.63. The Hall–Kier alpha value is -3.94. The Morgan fingerprint density at radius 3 is 2.44 bits per heavy atom. The summed E-state index contributed by atoms with van der Waals surface area (Å²) in [6.07, 6.45) is 1.79. The first-order valence-electron chi connectivity index (χ1n) is 12.6. The van der Waals surface area contributed by atoms with Crippen LogP contribution in [0, 0.1) is 3.70 Å². The fourth-order valence-electron chi connectivity index (χ4n) is 4.63. The maximum Gasteiger partial charge on any atom is 0.302 e. The quantitative estimate of drug-likeness (QED) is 0.296. The number of rotatable bonds is 6.